The SMILES string of the molecule is CC(C)COCCCNC(=O)c1ccncc1NN. The minimum atomic E-state index is -0.167. The third kappa shape index (κ3) is 5.67. The number of rotatable bonds is 8. The largest absolute Gasteiger partial charge is 0.381 e. The lowest BCUT2D eigenvalue weighted by Crippen LogP contribution is -2.27. The summed E-state index contributed by atoms with van der Waals surface area (Å²) in [6.45, 7) is 6.18. The third-order valence-electron chi connectivity index (χ3n) is 2.42. The van der Waals surface area contributed by atoms with E-state index in [2.05, 4.69) is 29.6 Å². The van der Waals surface area contributed by atoms with E-state index in [0.717, 1.165) is 13.0 Å². The van der Waals surface area contributed by atoms with Crippen LogP contribution in [0, 0.1) is 5.92 Å². The Morgan fingerprint density at radius 2 is 2.32 bits per heavy atom. The van der Waals surface area contributed by atoms with Gasteiger partial charge < -0.3 is 15.5 Å². The Kier molecular flexibility index (Phi) is 6.84. The maximum atomic E-state index is 11.9. The summed E-state index contributed by atoms with van der Waals surface area (Å²) < 4.78 is 5.43. The molecule has 1 rings (SSSR count). The standard InChI is InChI=1S/C13H22N4O2/c1-10(2)9-19-7-3-5-16-13(18)11-4-6-15-8-12(11)17-14/h4,6,8,10,17H,3,5,7,9,14H2,1-2H3,(H,16,18). The van der Waals surface area contributed by atoms with Crippen molar-refractivity contribution >= 4 is 11.6 Å². The number of hydrazine groups is 1. The number of nitrogens with two attached hydrogens (primary N) is 1. The lowest BCUT2D eigenvalue weighted by Gasteiger charge is -2.09. The second-order valence-electron chi connectivity index (χ2n) is 4.64. The van der Waals surface area contributed by atoms with Crippen molar-refractivity contribution in [1.82, 2.24) is 10.3 Å². The van der Waals surface area contributed by atoms with Gasteiger partial charge >= 0.3 is 0 Å². The number of hydrogen-bond donors (Lipinski definition) is 3. The molecule has 19 heavy (non-hydrogen) atoms. The summed E-state index contributed by atoms with van der Waals surface area (Å²) >= 11 is 0. The van der Waals surface area contributed by atoms with E-state index < -0.39 is 0 Å². The first kappa shape index (κ1) is 15.4. The number of nitrogens with zero attached hydrogens (tertiary/aromatic N) is 1. The molecule has 1 heterocycles. The molecule has 1 amide bonds. The molecule has 0 unspecified atom stereocenters. The van der Waals surface area contributed by atoms with Crippen molar-refractivity contribution in [2.75, 3.05) is 25.2 Å². The van der Waals surface area contributed by atoms with Gasteiger partial charge in [0.25, 0.3) is 5.91 Å². The van der Waals surface area contributed by atoms with Crippen LogP contribution in [0.3, 0.4) is 0 Å². The summed E-state index contributed by atoms with van der Waals surface area (Å²) in [4.78, 5) is 15.8. The average Bonchev–Trinajstić information content (AvgIpc) is 2.42. The smallest absolute Gasteiger partial charge is 0.253 e. The van der Waals surface area contributed by atoms with Gasteiger partial charge in [-0.25, -0.2) is 0 Å². The van der Waals surface area contributed by atoms with Crippen LogP contribution >= 0.6 is 0 Å². The molecular formula is C13H22N4O2. The molecule has 6 heteroatoms. The van der Waals surface area contributed by atoms with Crippen LogP contribution in [0.1, 0.15) is 30.6 Å². The summed E-state index contributed by atoms with van der Waals surface area (Å²) in [5.74, 6) is 5.69. The molecule has 1 aromatic heterocycles. The highest BCUT2D eigenvalue weighted by atomic mass is 16.5. The first-order valence-corrected chi connectivity index (χ1v) is 6.41. The second-order valence-corrected chi connectivity index (χ2v) is 4.64. The molecule has 106 valence electrons. The monoisotopic (exact) mass is 266 g/mol. The van der Waals surface area contributed by atoms with Crippen molar-refractivity contribution < 1.29 is 9.53 Å². The average molecular weight is 266 g/mol. The van der Waals surface area contributed by atoms with Crippen molar-refractivity contribution in [2.24, 2.45) is 11.8 Å². The molecular weight excluding hydrogens is 244 g/mol. The van der Waals surface area contributed by atoms with Crippen LogP contribution in [-0.4, -0.2) is 30.6 Å². The van der Waals surface area contributed by atoms with Gasteiger partial charge in [0.05, 0.1) is 17.4 Å². The number of hydrogen-bond acceptors (Lipinski definition) is 5. The predicted octanol–water partition coefficient (Wildman–Crippen LogP) is 1.16. The number of ether oxygens (including phenoxy) is 1. The normalized spacial score (nSPS) is 10.5. The Balaban J connectivity index is 2.28. The van der Waals surface area contributed by atoms with Crippen molar-refractivity contribution in [3.05, 3.63) is 24.0 Å². The lowest BCUT2D eigenvalue weighted by atomic mass is 10.2. The van der Waals surface area contributed by atoms with Crippen molar-refractivity contribution in [3.63, 3.8) is 0 Å². The van der Waals surface area contributed by atoms with E-state index >= 15 is 0 Å². The topological polar surface area (TPSA) is 89.3 Å². The van der Waals surface area contributed by atoms with Gasteiger partial charge in [0.2, 0.25) is 0 Å². The van der Waals surface area contributed by atoms with Crippen LogP contribution in [0.2, 0.25) is 0 Å². The highest BCUT2D eigenvalue weighted by Gasteiger charge is 2.09. The van der Waals surface area contributed by atoms with E-state index in [4.69, 9.17) is 10.6 Å². The molecule has 0 aliphatic heterocycles. The zero-order valence-electron chi connectivity index (χ0n) is 11.5. The second kappa shape index (κ2) is 8.44. The number of anilines is 1. The van der Waals surface area contributed by atoms with E-state index in [-0.39, 0.29) is 5.91 Å². The molecule has 6 nitrogen and oxygen atoms in total. The van der Waals surface area contributed by atoms with E-state index in [1.807, 2.05) is 0 Å². The number of pyridine rings is 1. The van der Waals surface area contributed by atoms with Crippen LogP contribution < -0.4 is 16.6 Å². The molecule has 0 atom stereocenters. The fourth-order valence-corrected chi connectivity index (χ4v) is 1.50. The van der Waals surface area contributed by atoms with Crippen LogP contribution in [0.4, 0.5) is 5.69 Å². The molecule has 0 saturated heterocycles. The molecule has 0 saturated carbocycles. The van der Waals surface area contributed by atoms with E-state index in [1.165, 1.54) is 6.20 Å². The van der Waals surface area contributed by atoms with Crippen LogP contribution in [0.25, 0.3) is 0 Å². The first-order valence-electron chi connectivity index (χ1n) is 6.41. The van der Waals surface area contributed by atoms with Gasteiger partial charge in [-0.05, 0) is 18.4 Å². The minimum absolute atomic E-state index is 0.167. The predicted molar refractivity (Wildman–Crippen MR) is 74.7 cm³/mol. The Labute approximate surface area is 113 Å². The molecule has 0 aromatic carbocycles. The van der Waals surface area contributed by atoms with Gasteiger partial charge in [-0.1, -0.05) is 13.8 Å². The number of carbonyl (C=O) groups is 1. The van der Waals surface area contributed by atoms with Crippen molar-refractivity contribution in [2.45, 2.75) is 20.3 Å². The van der Waals surface area contributed by atoms with Gasteiger partial charge in [-0.3, -0.25) is 15.6 Å². The fraction of sp³-hybridized carbons (Fsp3) is 0.538. The number of nitrogen functional groups attached to an aromatic ring is 1. The highest BCUT2D eigenvalue weighted by Crippen LogP contribution is 2.11. The molecule has 4 N–H and O–H groups in total. The van der Waals surface area contributed by atoms with Crippen LogP contribution in [-0.2, 0) is 4.74 Å². The summed E-state index contributed by atoms with van der Waals surface area (Å²) in [5, 5.41) is 2.82. The van der Waals surface area contributed by atoms with E-state index in [0.29, 0.717) is 30.3 Å². The molecule has 0 aliphatic rings. The van der Waals surface area contributed by atoms with Gasteiger partial charge in [-0.15, -0.1) is 0 Å². The molecule has 0 spiro atoms. The highest BCUT2D eigenvalue weighted by molar-refractivity contribution is 5.99. The number of nitrogens with one attached hydrogen (secondary N) is 2. The summed E-state index contributed by atoms with van der Waals surface area (Å²) in [7, 11) is 0. The zero-order chi connectivity index (χ0) is 14.1. The summed E-state index contributed by atoms with van der Waals surface area (Å²) in [6, 6.07) is 1.62. The van der Waals surface area contributed by atoms with Gasteiger partial charge in [0.15, 0.2) is 0 Å². The quantitative estimate of drug-likeness (QED) is 0.373. The number of amides is 1. The maximum absolute atomic E-state index is 11.9. The van der Waals surface area contributed by atoms with Gasteiger partial charge in [0, 0.05) is 26.0 Å². The molecule has 0 aliphatic carbocycles. The Morgan fingerprint density at radius 3 is 3.00 bits per heavy atom. The molecule has 0 bridgehead atoms. The summed E-state index contributed by atoms with van der Waals surface area (Å²) in [6.07, 6.45) is 3.86. The minimum Gasteiger partial charge on any atom is -0.381 e. The maximum Gasteiger partial charge on any atom is 0.253 e. The number of aromatic nitrogens is 1. The number of carbonyl (C=O) groups excluding carboxylic acids is 1. The van der Waals surface area contributed by atoms with Crippen LogP contribution in [0.15, 0.2) is 18.5 Å². The summed E-state index contributed by atoms with van der Waals surface area (Å²) in [5.41, 5.74) is 3.45. The van der Waals surface area contributed by atoms with Gasteiger partial charge in [-0.2, -0.15) is 0 Å². The van der Waals surface area contributed by atoms with E-state index in [9.17, 15) is 4.79 Å². The zero-order valence-corrected chi connectivity index (χ0v) is 11.5. The van der Waals surface area contributed by atoms with E-state index in [1.54, 1.807) is 12.3 Å². The Morgan fingerprint density at radius 1 is 1.53 bits per heavy atom. The Hall–Kier alpha value is -1.66. The molecule has 0 fully saturated rings. The third-order valence-corrected chi connectivity index (χ3v) is 2.42. The van der Waals surface area contributed by atoms with Crippen molar-refractivity contribution in [3.8, 4) is 0 Å². The van der Waals surface area contributed by atoms with Crippen molar-refractivity contribution in [1.29, 1.82) is 0 Å². The van der Waals surface area contributed by atoms with Gasteiger partial charge in [0.1, 0.15) is 0 Å². The first-order chi connectivity index (χ1) is 9.15. The fourth-order valence-electron chi connectivity index (χ4n) is 1.50. The molecule has 0 radical (unpaired) electrons. The van der Waals surface area contributed by atoms with Crippen LogP contribution in [0.5, 0.6) is 0 Å². The Bertz CT molecular complexity index is 396. The molecule has 1 aromatic rings. The lowest BCUT2D eigenvalue weighted by molar-refractivity contribution is 0.0925.